The fraction of sp³-hybridized carbons (Fsp3) is 0.100. The molecule has 0 aliphatic heterocycles. The molecule has 16 heteroatoms. The standard InChI is InChI=1S/C60H50N8O8/c1-5-75-50-27-25-39(57(71)61-41-19-9-7-10-20-41)33-48(50)65-67-53-44-23-15-13-17-37(44)31-46(55(53)69)59(73)63-43-29-35(3)52(36(4)30-43)64-60(74)47-32-38-18-14-16-24-45(38)54(56(47)70)68-66-49-34-40(26-28-51(49)76-6-2)58(72)62-42-21-11-8-12-22-42/h7-34,69-70H,5-6H2,1-4H3,(H,61,71)(H,62,72)(H,63,73)(H,64,74). The molecule has 0 radical (unpaired) electrons. The quantitative estimate of drug-likeness (QED) is 0.0509. The molecule has 0 unspecified atom stereocenters. The van der Waals surface area contributed by atoms with Gasteiger partial charge in [0, 0.05) is 44.6 Å². The number of nitrogens with zero attached hydrogens (tertiary/aromatic N) is 4. The van der Waals surface area contributed by atoms with Crippen LogP contribution in [0, 0.1) is 13.8 Å². The van der Waals surface area contributed by atoms with Crippen LogP contribution in [-0.4, -0.2) is 47.1 Å². The molecule has 0 aliphatic carbocycles. The number of amides is 4. The number of rotatable bonds is 16. The highest BCUT2D eigenvalue weighted by Gasteiger charge is 2.23. The van der Waals surface area contributed by atoms with E-state index in [4.69, 9.17) is 9.47 Å². The molecular weight excluding hydrogens is 961 g/mol. The van der Waals surface area contributed by atoms with Gasteiger partial charge in [-0.2, -0.15) is 0 Å². The van der Waals surface area contributed by atoms with Crippen LogP contribution in [0.2, 0.25) is 0 Å². The number of aryl methyl sites for hydroxylation is 2. The van der Waals surface area contributed by atoms with Crippen LogP contribution in [0.3, 0.4) is 0 Å². The van der Waals surface area contributed by atoms with Crippen molar-refractivity contribution < 1.29 is 38.9 Å². The van der Waals surface area contributed by atoms with Crippen molar-refractivity contribution in [2.75, 3.05) is 34.5 Å². The van der Waals surface area contributed by atoms with E-state index in [1.54, 1.807) is 135 Å². The first-order valence-electron chi connectivity index (χ1n) is 24.2. The monoisotopic (exact) mass is 1010 g/mol. The smallest absolute Gasteiger partial charge is 0.259 e. The van der Waals surface area contributed by atoms with Gasteiger partial charge < -0.3 is 41.0 Å². The molecule has 4 amide bonds. The lowest BCUT2D eigenvalue weighted by atomic mass is 10.0. The third kappa shape index (κ3) is 11.2. The van der Waals surface area contributed by atoms with Gasteiger partial charge in [-0.25, -0.2) is 0 Å². The van der Waals surface area contributed by atoms with E-state index in [0.29, 0.717) is 91.3 Å². The number of anilines is 4. The van der Waals surface area contributed by atoms with Crippen LogP contribution >= 0.6 is 0 Å². The normalized spacial score (nSPS) is 11.2. The Labute approximate surface area is 436 Å². The molecule has 0 spiro atoms. The lowest BCUT2D eigenvalue weighted by molar-refractivity contribution is 0.101. The van der Waals surface area contributed by atoms with Crippen LogP contribution in [0.25, 0.3) is 21.5 Å². The summed E-state index contributed by atoms with van der Waals surface area (Å²) in [6, 6.07) is 48.2. The first-order valence-corrected chi connectivity index (χ1v) is 24.2. The van der Waals surface area contributed by atoms with Gasteiger partial charge in [-0.3, -0.25) is 19.2 Å². The molecule has 9 aromatic carbocycles. The molecule has 378 valence electrons. The number of para-hydroxylation sites is 2. The lowest BCUT2D eigenvalue weighted by Gasteiger charge is -2.16. The van der Waals surface area contributed by atoms with Crippen LogP contribution in [0.4, 0.5) is 45.5 Å². The van der Waals surface area contributed by atoms with E-state index in [1.165, 1.54) is 12.1 Å². The van der Waals surface area contributed by atoms with Crippen molar-refractivity contribution in [3.8, 4) is 23.0 Å². The molecule has 0 saturated carbocycles. The Bertz CT molecular complexity index is 3750. The number of azo groups is 2. The largest absolute Gasteiger partial charge is 0.505 e. The summed E-state index contributed by atoms with van der Waals surface area (Å²) in [4.78, 5) is 54.8. The van der Waals surface area contributed by atoms with Gasteiger partial charge in [0.15, 0.2) is 11.5 Å². The molecule has 0 fully saturated rings. The first kappa shape index (κ1) is 50.7. The van der Waals surface area contributed by atoms with E-state index in [-0.39, 0.29) is 45.7 Å². The average molecular weight is 1010 g/mol. The number of ether oxygens (including phenoxy) is 2. The van der Waals surface area contributed by atoms with Crippen molar-refractivity contribution in [3.05, 3.63) is 203 Å². The van der Waals surface area contributed by atoms with Crippen LogP contribution in [0.15, 0.2) is 190 Å². The SMILES string of the molecule is CCOc1ccc(C(=O)Nc2ccccc2)cc1N=Nc1c(O)c(C(=O)Nc2cc(C)c(NC(=O)c3cc4ccccc4c(N=Nc4cc(C(=O)Nc5ccccc5)ccc4OCC)c3O)c(C)c2)cc2ccccc12. The molecule has 9 aromatic rings. The highest BCUT2D eigenvalue weighted by Crippen LogP contribution is 2.43. The Morgan fingerprint density at radius 3 is 1.26 bits per heavy atom. The van der Waals surface area contributed by atoms with Gasteiger partial charge in [-0.05, 0) is 135 Å². The Balaban J connectivity index is 0.965. The molecular formula is C60H50N8O8. The van der Waals surface area contributed by atoms with Gasteiger partial charge in [-0.15, -0.1) is 20.5 Å². The third-order valence-corrected chi connectivity index (χ3v) is 12.1. The number of nitrogens with one attached hydrogen (secondary N) is 4. The van der Waals surface area contributed by atoms with Gasteiger partial charge in [0.25, 0.3) is 23.6 Å². The number of hydrogen-bond acceptors (Lipinski definition) is 12. The summed E-state index contributed by atoms with van der Waals surface area (Å²) in [6.45, 7) is 7.76. The second-order valence-electron chi connectivity index (χ2n) is 17.3. The Morgan fingerprint density at radius 2 is 0.829 bits per heavy atom. The minimum atomic E-state index is -0.650. The number of benzene rings is 9. The average Bonchev–Trinajstić information content (AvgIpc) is 3.43. The summed E-state index contributed by atoms with van der Waals surface area (Å²) in [5.41, 5.74) is 4.07. The maximum absolute atomic E-state index is 14.2. The second kappa shape index (κ2) is 22.7. The number of phenolic OH excluding ortho intramolecular Hbond substituents is 2. The van der Waals surface area contributed by atoms with Gasteiger partial charge in [-0.1, -0.05) is 84.9 Å². The number of fused-ring (bicyclic) bond motifs is 2. The van der Waals surface area contributed by atoms with Gasteiger partial charge >= 0.3 is 0 Å². The maximum atomic E-state index is 14.2. The number of phenols is 2. The molecule has 0 atom stereocenters. The highest BCUT2D eigenvalue weighted by molar-refractivity contribution is 6.14. The van der Waals surface area contributed by atoms with Crippen molar-refractivity contribution in [2.24, 2.45) is 20.5 Å². The zero-order valence-corrected chi connectivity index (χ0v) is 41.7. The predicted molar refractivity (Wildman–Crippen MR) is 295 cm³/mol. The molecule has 76 heavy (non-hydrogen) atoms. The zero-order valence-electron chi connectivity index (χ0n) is 41.7. The Morgan fingerprint density at radius 1 is 0.434 bits per heavy atom. The summed E-state index contributed by atoms with van der Waals surface area (Å²) in [5.74, 6) is -2.19. The van der Waals surface area contributed by atoms with Crippen LogP contribution < -0.4 is 30.7 Å². The predicted octanol–water partition coefficient (Wildman–Crippen LogP) is 14.7. The van der Waals surface area contributed by atoms with E-state index < -0.39 is 23.3 Å². The van der Waals surface area contributed by atoms with E-state index in [2.05, 4.69) is 41.7 Å². The van der Waals surface area contributed by atoms with E-state index in [9.17, 15) is 29.4 Å². The lowest BCUT2D eigenvalue weighted by Crippen LogP contribution is -2.16. The fourth-order valence-corrected chi connectivity index (χ4v) is 8.48. The molecule has 16 nitrogen and oxygen atoms in total. The number of aromatic hydroxyl groups is 2. The van der Waals surface area contributed by atoms with Crippen LogP contribution in [0.5, 0.6) is 23.0 Å². The summed E-state index contributed by atoms with van der Waals surface area (Å²) in [5, 5.41) is 55.1. The first-order chi connectivity index (χ1) is 36.9. The number of carbonyl (C=O) groups excluding carboxylic acids is 4. The van der Waals surface area contributed by atoms with Crippen molar-refractivity contribution in [2.45, 2.75) is 27.7 Å². The van der Waals surface area contributed by atoms with E-state index in [1.807, 2.05) is 50.2 Å². The van der Waals surface area contributed by atoms with Crippen molar-refractivity contribution in [1.82, 2.24) is 0 Å². The van der Waals surface area contributed by atoms with E-state index >= 15 is 0 Å². The molecule has 0 saturated heterocycles. The minimum Gasteiger partial charge on any atom is -0.505 e. The van der Waals surface area contributed by atoms with Gasteiger partial charge in [0.1, 0.15) is 34.2 Å². The summed E-state index contributed by atoms with van der Waals surface area (Å²) in [7, 11) is 0. The number of carbonyl (C=O) groups is 4. The fourth-order valence-electron chi connectivity index (χ4n) is 8.48. The summed E-state index contributed by atoms with van der Waals surface area (Å²) < 4.78 is 11.6. The van der Waals surface area contributed by atoms with Gasteiger partial charge in [0.05, 0.1) is 24.3 Å². The summed E-state index contributed by atoms with van der Waals surface area (Å²) >= 11 is 0. The topological polar surface area (TPSA) is 225 Å². The van der Waals surface area contributed by atoms with Crippen molar-refractivity contribution in [1.29, 1.82) is 0 Å². The van der Waals surface area contributed by atoms with Gasteiger partial charge in [0.2, 0.25) is 0 Å². The zero-order chi connectivity index (χ0) is 53.3. The van der Waals surface area contributed by atoms with E-state index in [0.717, 1.165) is 0 Å². The second-order valence-corrected chi connectivity index (χ2v) is 17.3. The Kier molecular flexibility index (Phi) is 15.1. The maximum Gasteiger partial charge on any atom is 0.259 e. The molecule has 0 aromatic heterocycles. The number of hydrogen-bond donors (Lipinski definition) is 6. The highest BCUT2D eigenvalue weighted by atomic mass is 16.5. The van der Waals surface area contributed by atoms with Crippen molar-refractivity contribution in [3.63, 3.8) is 0 Å². The molecule has 9 rings (SSSR count). The summed E-state index contributed by atoms with van der Waals surface area (Å²) in [6.07, 6.45) is 0. The van der Waals surface area contributed by atoms with Crippen LogP contribution in [0.1, 0.15) is 66.4 Å². The molecule has 0 aliphatic rings. The Hall–Kier alpha value is -10.2. The minimum absolute atomic E-state index is 0.0184. The van der Waals surface area contributed by atoms with Crippen molar-refractivity contribution >= 4 is 90.7 Å². The molecule has 0 bridgehead atoms. The third-order valence-electron chi connectivity index (χ3n) is 12.1. The molecule has 0 heterocycles. The van der Waals surface area contributed by atoms with Crippen LogP contribution in [-0.2, 0) is 0 Å². The molecule has 6 N–H and O–H groups in total.